The highest BCUT2D eigenvalue weighted by Gasteiger charge is 2.10. The third kappa shape index (κ3) is 6.38. The van der Waals surface area contributed by atoms with Crippen LogP contribution in [0.25, 0.3) is 0 Å². The van der Waals surface area contributed by atoms with E-state index in [0.717, 1.165) is 23.4 Å². The average molecular weight is 499 g/mol. The van der Waals surface area contributed by atoms with Gasteiger partial charge in [-0.15, -0.1) is 35.3 Å². The Hall–Kier alpha value is -0.570. The van der Waals surface area contributed by atoms with Crippen LogP contribution in [0.2, 0.25) is 10.0 Å². The Morgan fingerprint density at radius 2 is 2.17 bits per heavy atom. The molecule has 24 heavy (non-hydrogen) atoms. The molecule has 1 aromatic carbocycles. The quantitative estimate of drug-likeness (QED) is 0.340. The minimum Gasteiger partial charge on any atom is -0.370 e. The fourth-order valence-corrected chi connectivity index (χ4v) is 3.52. The highest BCUT2D eigenvalue weighted by Crippen LogP contribution is 2.25. The summed E-state index contributed by atoms with van der Waals surface area (Å²) in [7, 11) is 0. The number of guanidine groups is 1. The summed E-state index contributed by atoms with van der Waals surface area (Å²) in [5.74, 6) is 0.399. The fourth-order valence-electron chi connectivity index (χ4n) is 2.10. The van der Waals surface area contributed by atoms with Crippen LogP contribution in [0, 0.1) is 0 Å². The molecule has 0 aliphatic rings. The topological polar surface area (TPSA) is 63.3 Å². The first-order valence-electron chi connectivity index (χ1n) is 7.44. The van der Waals surface area contributed by atoms with Crippen LogP contribution >= 0.6 is 58.5 Å². The van der Waals surface area contributed by atoms with Gasteiger partial charge in [0.2, 0.25) is 0 Å². The standard InChI is InChI=1S/C16H20Cl2N4S.HI/c1-3-12-9-21-15(23-12)6-7-20-16(19)22-10(2)13-5-4-11(17)8-14(13)18;/h4-5,8-10H,3,6-7H2,1-2H3,(H3,19,20,22);1H. The Kier molecular flexibility index (Phi) is 9.33. The molecule has 0 fully saturated rings. The predicted molar refractivity (Wildman–Crippen MR) is 115 cm³/mol. The number of aromatic nitrogens is 1. The van der Waals surface area contributed by atoms with Crippen molar-refractivity contribution in [1.82, 2.24) is 10.3 Å². The second kappa shape index (κ2) is 10.4. The Labute approximate surface area is 173 Å². The largest absolute Gasteiger partial charge is 0.370 e. The Morgan fingerprint density at radius 1 is 1.42 bits per heavy atom. The van der Waals surface area contributed by atoms with Crippen molar-refractivity contribution in [3.05, 3.63) is 49.9 Å². The van der Waals surface area contributed by atoms with E-state index < -0.39 is 0 Å². The zero-order valence-corrected chi connectivity index (χ0v) is 18.2. The normalized spacial score (nSPS) is 12.6. The van der Waals surface area contributed by atoms with Gasteiger partial charge in [0.05, 0.1) is 11.0 Å². The van der Waals surface area contributed by atoms with Gasteiger partial charge >= 0.3 is 0 Å². The van der Waals surface area contributed by atoms with Gasteiger partial charge in [-0.1, -0.05) is 36.2 Å². The molecule has 2 aromatic rings. The minimum atomic E-state index is -0.0462. The van der Waals surface area contributed by atoms with Crippen molar-refractivity contribution in [2.45, 2.75) is 32.7 Å². The number of nitrogens with zero attached hydrogens (tertiary/aromatic N) is 2. The molecule has 1 aromatic heterocycles. The number of nitrogens with two attached hydrogens (primary N) is 1. The molecule has 0 aliphatic heterocycles. The van der Waals surface area contributed by atoms with Crippen molar-refractivity contribution in [2.24, 2.45) is 10.7 Å². The molecule has 4 nitrogen and oxygen atoms in total. The first-order chi connectivity index (χ1) is 11.0. The van der Waals surface area contributed by atoms with Crippen molar-refractivity contribution in [1.29, 1.82) is 0 Å². The second-order valence-electron chi connectivity index (χ2n) is 5.12. The van der Waals surface area contributed by atoms with Crippen LogP contribution in [-0.2, 0) is 12.8 Å². The molecule has 1 heterocycles. The molecular weight excluding hydrogens is 478 g/mol. The molecule has 2 rings (SSSR count). The summed E-state index contributed by atoms with van der Waals surface area (Å²) >= 11 is 13.8. The number of halogens is 3. The number of aryl methyl sites for hydroxylation is 1. The zero-order valence-electron chi connectivity index (χ0n) is 13.6. The maximum Gasteiger partial charge on any atom is 0.189 e. The highest BCUT2D eigenvalue weighted by atomic mass is 127. The lowest BCUT2D eigenvalue weighted by Gasteiger charge is -2.16. The average Bonchev–Trinajstić information content (AvgIpc) is 2.95. The number of hydrogen-bond acceptors (Lipinski definition) is 3. The first-order valence-corrected chi connectivity index (χ1v) is 9.01. The number of thiazole rings is 1. The smallest absolute Gasteiger partial charge is 0.189 e. The number of nitrogens with one attached hydrogen (secondary N) is 1. The third-order valence-electron chi connectivity index (χ3n) is 3.35. The maximum atomic E-state index is 6.20. The summed E-state index contributed by atoms with van der Waals surface area (Å²) in [5, 5.41) is 5.46. The SMILES string of the molecule is CCc1cnc(CCN=C(N)NC(C)c2ccc(Cl)cc2Cl)s1.I. The van der Waals surface area contributed by atoms with E-state index in [9.17, 15) is 0 Å². The van der Waals surface area contributed by atoms with Crippen molar-refractivity contribution < 1.29 is 0 Å². The number of benzene rings is 1. The monoisotopic (exact) mass is 498 g/mol. The van der Waals surface area contributed by atoms with E-state index in [1.54, 1.807) is 17.4 Å². The van der Waals surface area contributed by atoms with Crippen molar-refractivity contribution in [3.63, 3.8) is 0 Å². The highest BCUT2D eigenvalue weighted by molar-refractivity contribution is 14.0. The van der Waals surface area contributed by atoms with E-state index in [-0.39, 0.29) is 30.0 Å². The Bertz CT molecular complexity index is 690. The molecular formula is C16H21Cl2IN4S. The second-order valence-corrected chi connectivity index (χ2v) is 7.17. The van der Waals surface area contributed by atoms with Gasteiger partial charge in [0.1, 0.15) is 0 Å². The van der Waals surface area contributed by atoms with Gasteiger partial charge in [0, 0.05) is 34.1 Å². The fraction of sp³-hybridized carbons (Fsp3) is 0.375. The molecule has 1 atom stereocenters. The summed E-state index contributed by atoms with van der Waals surface area (Å²) in [4.78, 5) is 10.0. The van der Waals surface area contributed by atoms with E-state index in [1.807, 2.05) is 25.3 Å². The Balaban J connectivity index is 0.00000288. The van der Waals surface area contributed by atoms with Gasteiger partial charge in [-0.3, -0.25) is 4.99 Å². The van der Waals surface area contributed by atoms with Crippen molar-refractivity contribution in [3.8, 4) is 0 Å². The molecule has 0 saturated heterocycles. The Morgan fingerprint density at radius 3 is 2.79 bits per heavy atom. The van der Waals surface area contributed by atoms with E-state index in [2.05, 4.69) is 22.2 Å². The predicted octanol–water partition coefficient (Wildman–Crippen LogP) is 4.84. The van der Waals surface area contributed by atoms with E-state index in [4.69, 9.17) is 28.9 Å². The number of hydrogen-bond donors (Lipinski definition) is 2. The van der Waals surface area contributed by atoms with Gasteiger partial charge in [0.25, 0.3) is 0 Å². The first kappa shape index (κ1) is 21.5. The van der Waals surface area contributed by atoms with Crippen molar-refractivity contribution in [2.75, 3.05) is 6.54 Å². The molecule has 8 heteroatoms. The van der Waals surface area contributed by atoms with Crippen LogP contribution in [0.1, 0.15) is 35.3 Å². The summed E-state index contributed by atoms with van der Waals surface area (Å²) in [6.45, 7) is 4.71. The summed E-state index contributed by atoms with van der Waals surface area (Å²) in [5.41, 5.74) is 6.87. The molecule has 0 saturated carbocycles. The van der Waals surface area contributed by atoms with Crippen LogP contribution in [0.4, 0.5) is 0 Å². The van der Waals surface area contributed by atoms with Crippen LogP contribution in [0.3, 0.4) is 0 Å². The molecule has 0 aliphatic carbocycles. The van der Waals surface area contributed by atoms with Crippen LogP contribution in [-0.4, -0.2) is 17.5 Å². The van der Waals surface area contributed by atoms with E-state index in [1.165, 1.54) is 4.88 Å². The lowest BCUT2D eigenvalue weighted by atomic mass is 10.1. The molecule has 0 amide bonds. The molecule has 1 unspecified atom stereocenters. The summed E-state index contributed by atoms with van der Waals surface area (Å²) in [6.07, 6.45) is 3.74. The van der Waals surface area contributed by atoms with Gasteiger partial charge in [-0.25, -0.2) is 4.98 Å². The van der Waals surface area contributed by atoms with Crippen molar-refractivity contribution >= 4 is 64.5 Å². The van der Waals surface area contributed by atoms with Gasteiger partial charge in [-0.2, -0.15) is 0 Å². The van der Waals surface area contributed by atoms with Crippen LogP contribution in [0.5, 0.6) is 0 Å². The minimum absolute atomic E-state index is 0. The summed E-state index contributed by atoms with van der Waals surface area (Å²) < 4.78 is 0. The van der Waals surface area contributed by atoms with Gasteiger partial charge in [0.15, 0.2) is 5.96 Å². The zero-order chi connectivity index (χ0) is 16.8. The molecule has 132 valence electrons. The summed E-state index contributed by atoms with van der Waals surface area (Å²) in [6, 6.07) is 5.37. The number of aliphatic imine (C=N–C) groups is 1. The van der Waals surface area contributed by atoms with Crippen LogP contribution < -0.4 is 11.1 Å². The maximum absolute atomic E-state index is 6.20. The third-order valence-corrected chi connectivity index (χ3v) is 5.11. The number of rotatable bonds is 6. The van der Waals surface area contributed by atoms with Gasteiger partial charge < -0.3 is 11.1 Å². The molecule has 0 bridgehead atoms. The van der Waals surface area contributed by atoms with Gasteiger partial charge in [-0.05, 0) is 31.0 Å². The molecule has 0 radical (unpaired) electrons. The van der Waals surface area contributed by atoms with Crippen LogP contribution in [0.15, 0.2) is 29.4 Å². The molecule has 0 spiro atoms. The van der Waals surface area contributed by atoms with E-state index in [0.29, 0.717) is 22.5 Å². The van der Waals surface area contributed by atoms with E-state index >= 15 is 0 Å². The lowest BCUT2D eigenvalue weighted by molar-refractivity contribution is 0.707. The lowest BCUT2D eigenvalue weighted by Crippen LogP contribution is -2.34. The molecule has 3 N–H and O–H groups in total.